The summed E-state index contributed by atoms with van der Waals surface area (Å²) < 4.78 is 1.45. The molecule has 0 aliphatic carbocycles. The SMILES string of the molecule is CC(NC(=O)CCn1ccc(C(=O)O)n1)c1ccccc1. The summed E-state index contributed by atoms with van der Waals surface area (Å²) in [5.74, 6) is -1.17. The van der Waals surface area contributed by atoms with E-state index >= 15 is 0 Å². The zero-order chi connectivity index (χ0) is 15.2. The van der Waals surface area contributed by atoms with Crippen molar-refractivity contribution in [3.8, 4) is 0 Å². The Hall–Kier alpha value is -2.63. The van der Waals surface area contributed by atoms with E-state index in [0.717, 1.165) is 5.56 Å². The van der Waals surface area contributed by atoms with Crippen LogP contribution in [-0.4, -0.2) is 26.8 Å². The Morgan fingerprint density at radius 1 is 1.29 bits per heavy atom. The number of rotatable bonds is 6. The highest BCUT2D eigenvalue weighted by atomic mass is 16.4. The maximum Gasteiger partial charge on any atom is 0.356 e. The minimum atomic E-state index is -1.07. The molecule has 0 saturated heterocycles. The van der Waals surface area contributed by atoms with E-state index in [4.69, 9.17) is 5.11 Å². The van der Waals surface area contributed by atoms with Gasteiger partial charge in [-0.05, 0) is 18.6 Å². The molecule has 0 aliphatic heterocycles. The van der Waals surface area contributed by atoms with Gasteiger partial charge < -0.3 is 10.4 Å². The topological polar surface area (TPSA) is 84.2 Å². The molecule has 0 saturated carbocycles. The van der Waals surface area contributed by atoms with Gasteiger partial charge in [0.05, 0.1) is 6.04 Å². The predicted octanol–water partition coefficient (Wildman–Crippen LogP) is 1.85. The van der Waals surface area contributed by atoms with Crippen molar-refractivity contribution in [1.29, 1.82) is 0 Å². The number of aryl methyl sites for hydroxylation is 1. The van der Waals surface area contributed by atoms with E-state index in [1.54, 1.807) is 6.20 Å². The van der Waals surface area contributed by atoms with Crippen LogP contribution >= 0.6 is 0 Å². The molecular weight excluding hydrogens is 270 g/mol. The smallest absolute Gasteiger partial charge is 0.356 e. The fourth-order valence-electron chi connectivity index (χ4n) is 1.96. The molecule has 2 N–H and O–H groups in total. The lowest BCUT2D eigenvalue weighted by Crippen LogP contribution is -2.27. The van der Waals surface area contributed by atoms with Crippen LogP contribution in [0.1, 0.15) is 35.4 Å². The summed E-state index contributed by atoms with van der Waals surface area (Å²) in [6.07, 6.45) is 1.80. The molecule has 0 bridgehead atoms. The maximum atomic E-state index is 11.9. The molecule has 21 heavy (non-hydrogen) atoms. The molecule has 1 heterocycles. The van der Waals surface area contributed by atoms with E-state index < -0.39 is 5.97 Å². The first-order valence-corrected chi connectivity index (χ1v) is 6.67. The summed E-state index contributed by atoms with van der Waals surface area (Å²) in [5, 5.41) is 15.5. The molecule has 110 valence electrons. The number of aromatic nitrogens is 2. The van der Waals surface area contributed by atoms with Gasteiger partial charge in [-0.3, -0.25) is 9.48 Å². The Kier molecular flexibility index (Phi) is 4.71. The first-order chi connectivity index (χ1) is 10.1. The molecule has 0 spiro atoms. The third-order valence-electron chi connectivity index (χ3n) is 3.10. The second-order valence-electron chi connectivity index (χ2n) is 4.72. The number of nitrogens with zero attached hydrogens (tertiary/aromatic N) is 2. The van der Waals surface area contributed by atoms with Crippen molar-refractivity contribution in [3.63, 3.8) is 0 Å². The van der Waals surface area contributed by atoms with E-state index in [1.165, 1.54) is 10.7 Å². The number of hydrogen-bond donors (Lipinski definition) is 2. The Bertz CT molecular complexity index is 622. The summed E-state index contributed by atoms with van der Waals surface area (Å²) in [5.41, 5.74) is 1.02. The van der Waals surface area contributed by atoms with Gasteiger partial charge in [0.25, 0.3) is 0 Å². The van der Waals surface area contributed by atoms with Crippen LogP contribution in [0.15, 0.2) is 42.6 Å². The molecule has 2 rings (SSSR count). The van der Waals surface area contributed by atoms with Gasteiger partial charge in [0.15, 0.2) is 5.69 Å². The average molecular weight is 287 g/mol. The largest absolute Gasteiger partial charge is 0.476 e. The molecule has 6 nitrogen and oxygen atoms in total. The van der Waals surface area contributed by atoms with E-state index in [1.807, 2.05) is 37.3 Å². The summed E-state index contributed by atoms with van der Waals surface area (Å²) in [7, 11) is 0. The highest BCUT2D eigenvalue weighted by Gasteiger charge is 2.10. The fourth-order valence-corrected chi connectivity index (χ4v) is 1.96. The number of carbonyl (C=O) groups is 2. The van der Waals surface area contributed by atoms with E-state index in [-0.39, 0.29) is 24.1 Å². The van der Waals surface area contributed by atoms with Crippen molar-refractivity contribution >= 4 is 11.9 Å². The van der Waals surface area contributed by atoms with Crippen molar-refractivity contribution in [1.82, 2.24) is 15.1 Å². The molecule has 1 amide bonds. The lowest BCUT2D eigenvalue weighted by atomic mass is 10.1. The van der Waals surface area contributed by atoms with Gasteiger partial charge in [0.2, 0.25) is 5.91 Å². The van der Waals surface area contributed by atoms with Crippen molar-refractivity contribution in [2.24, 2.45) is 0 Å². The van der Waals surface area contributed by atoms with Gasteiger partial charge in [0.1, 0.15) is 0 Å². The Balaban J connectivity index is 1.83. The van der Waals surface area contributed by atoms with Crippen LogP contribution < -0.4 is 5.32 Å². The molecule has 2 aromatic rings. The van der Waals surface area contributed by atoms with E-state index in [9.17, 15) is 9.59 Å². The number of benzene rings is 1. The van der Waals surface area contributed by atoms with Crippen LogP contribution in [0, 0.1) is 0 Å². The number of carbonyl (C=O) groups excluding carboxylic acids is 1. The third kappa shape index (κ3) is 4.17. The lowest BCUT2D eigenvalue weighted by Gasteiger charge is -2.14. The molecule has 0 radical (unpaired) electrons. The molecular formula is C15H17N3O3. The minimum absolute atomic E-state index is 0.0203. The number of amides is 1. The van der Waals surface area contributed by atoms with E-state index in [0.29, 0.717) is 6.54 Å². The van der Waals surface area contributed by atoms with Crippen LogP contribution in [0.2, 0.25) is 0 Å². The normalized spacial score (nSPS) is 11.9. The number of nitrogens with one attached hydrogen (secondary N) is 1. The molecule has 1 aromatic carbocycles. The summed E-state index contributed by atoms with van der Waals surface area (Å²) in [4.78, 5) is 22.6. The van der Waals surface area contributed by atoms with Gasteiger partial charge >= 0.3 is 5.97 Å². The highest BCUT2D eigenvalue weighted by Crippen LogP contribution is 2.11. The van der Waals surface area contributed by atoms with Crippen molar-refractivity contribution < 1.29 is 14.7 Å². The second kappa shape index (κ2) is 6.69. The molecule has 6 heteroatoms. The van der Waals surface area contributed by atoms with Gasteiger partial charge in [-0.2, -0.15) is 5.10 Å². The number of carboxylic acid groups (broad SMARTS) is 1. The summed E-state index contributed by atoms with van der Waals surface area (Å²) >= 11 is 0. The zero-order valence-corrected chi connectivity index (χ0v) is 11.7. The third-order valence-corrected chi connectivity index (χ3v) is 3.10. The Labute approximate surface area is 122 Å². The zero-order valence-electron chi connectivity index (χ0n) is 11.7. The van der Waals surface area contributed by atoms with Crippen molar-refractivity contribution in [2.75, 3.05) is 0 Å². The molecule has 1 unspecified atom stereocenters. The van der Waals surface area contributed by atoms with Gasteiger partial charge in [-0.1, -0.05) is 30.3 Å². The lowest BCUT2D eigenvalue weighted by molar-refractivity contribution is -0.122. The number of carboxylic acids is 1. The Morgan fingerprint density at radius 2 is 2.00 bits per heavy atom. The van der Waals surface area contributed by atoms with Crippen LogP contribution in [0.25, 0.3) is 0 Å². The average Bonchev–Trinajstić information content (AvgIpc) is 2.95. The van der Waals surface area contributed by atoms with Crippen molar-refractivity contribution in [3.05, 3.63) is 53.9 Å². The molecule has 1 atom stereocenters. The van der Waals surface area contributed by atoms with Crippen LogP contribution in [0.5, 0.6) is 0 Å². The van der Waals surface area contributed by atoms with Gasteiger partial charge in [-0.15, -0.1) is 0 Å². The fraction of sp³-hybridized carbons (Fsp3) is 0.267. The highest BCUT2D eigenvalue weighted by molar-refractivity contribution is 5.85. The first-order valence-electron chi connectivity index (χ1n) is 6.67. The number of hydrogen-bond acceptors (Lipinski definition) is 3. The minimum Gasteiger partial charge on any atom is -0.476 e. The monoisotopic (exact) mass is 287 g/mol. The van der Waals surface area contributed by atoms with E-state index in [2.05, 4.69) is 10.4 Å². The molecule has 1 aromatic heterocycles. The Morgan fingerprint density at radius 3 is 2.62 bits per heavy atom. The molecule has 0 aliphatic rings. The first kappa shape index (κ1) is 14.8. The summed E-state index contributed by atoms with van der Waals surface area (Å²) in [6, 6.07) is 11.0. The second-order valence-corrected chi connectivity index (χ2v) is 4.72. The number of aromatic carboxylic acids is 1. The van der Waals surface area contributed by atoms with Gasteiger partial charge in [-0.25, -0.2) is 4.79 Å². The standard InChI is InChI=1S/C15H17N3O3/c1-11(12-5-3-2-4-6-12)16-14(19)8-10-18-9-7-13(17-18)15(20)21/h2-7,9,11H,8,10H2,1H3,(H,16,19)(H,20,21). The van der Waals surface area contributed by atoms with Crippen LogP contribution in [0.3, 0.4) is 0 Å². The quantitative estimate of drug-likeness (QED) is 0.849. The van der Waals surface area contributed by atoms with Crippen molar-refractivity contribution in [2.45, 2.75) is 25.9 Å². The summed E-state index contributed by atoms with van der Waals surface area (Å²) in [6.45, 7) is 2.27. The predicted molar refractivity (Wildman–Crippen MR) is 76.8 cm³/mol. The van der Waals surface area contributed by atoms with Crippen LogP contribution in [-0.2, 0) is 11.3 Å². The molecule has 0 fully saturated rings. The maximum absolute atomic E-state index is 11.9. The van der Waals surface area contributed by atoms with Gasteiger partial charge in [0, 0.05) is 19.2 Å². The van der Waals surface area contributed by atoms with Crippen LogP contribution in [0.4, 0.5) is 0 Å².